The molecule has 0 spiro atoms. The summed E-state index contributed by atoms with van der Waals surface area (Å²) in [7, 11) is 0. The number of benzene rings is 1. The summed E-state index contributed by atoms with van der Waals surface area (Å²) in [5.41, 5.74) is 6.96. The first kappa shape index (κ1) is 17.8. The number of rotatable bonds is 8. The van der Waals surface area contributed by atoms with Crippen LogP contribution in [0.5, 0.6) is 0 Å². The van der Waals surface area contributed by atoms with E-state index in [2.05, 4.69) is 24.3 Å². The Hall–Kier alpha value is -1.55. The van der Waals surface area contributed by atoms with Gasteiger partial charge in [-0.25, -0.2) is 4.79 Å². The molecule has 0 radical (unpaired) electrons. The molecule has 1 aliphatic rings. The number of primary amides is 1. The van der Waals surface area contributed by atoms with Gasteiger partial charge in [-0.15, -0.1) is 0 Å². The van der Waals surface area contributed by atoms with E-state index in [1.165, 1.54) is 12.0 Å². The number of nitrogens with zero attached hydrogens (tertiary/aromatic N) is 1. The number of nitrogens with two attached hydrogens (primary N) is 1. The van der Waals surface area contributed by atoms with Gasteiger partial charge in [-0.05, 0) is 44.6 Å². The SMILES string of the molecule is CCOCCCC[C@H](c1ccccc1)C1CCCCN1C(N)=O. The Kier molecular flexibility index (Phi) is 7.40. The van der Waals surface area contributed by atoms with Gasteiger partial charge in [0.2, 0.25) is 0 Å². The van der Waals surface area contributed by atoms with E-state index in [0.717, 1.165) is 51.9 Å². The van der Waals surface area contributed by atoms with Gasteiger partial charge in [0.1, 0.15) is 0 Å². The molecular weight excluding hydrogens is 288 g/mol. The summed E-state index contributed by atoms with van der Waals surface area (Å²) in [6, 6.07) is 10.5. The van der Waals surface area contributed by atoms with Crippen molar-refractivity contribution in [1.29, 1.82) is 0 Å². The molecule has 23 heavy (non-hydrogen) atoms. The highest BCUT2D eigenvalue weighted by molar-refractivity contribution is 5.72. The quantitative estimate of drug-likeness (QED) is 0.739. The molecule has 1 saturated heterocycles. The highest BCUT2D eigenvalue weighted by atomic mass is 16.5. The van der Waals surface area contributed by atoms with Gasteiger partial charge >= 0.3 is 6.03 Å². The lowest BCUT2D eigenvalue weighted by Crippen LogP contribution is -2.49. The van der Waals surface area contributed by atoms with Crippen molar-refractivity contribution in [2.45, 2.75) is 57.4 Å². The minimum atomic E-state index is -0.273. The fourth-order valence-corrected chi connectivity index (χ4v) is 3.64. The van der Waals surface area contributed by atoms with E-state index in [0.29, 0.717) is 5.92 Å². The number of ether oxygens (including phenoxy) is 1. The third-order valence-corrected chi connectivity index (χ3v) is 4.78. The van der Waals surface area contributed by atoms with Crippen LogP contribution in [-0.2, 0) is 4.74 Å². The second-order valence-corrected chi connectivity index (χ2v) is 6.30. The molecule has 1 heterocycles. The summed E-state index contributed by atoms with van der Waals surface area (Å²) < 4.78 is 5.44. The molecular formula is C19H30N2O2. The van der Waals surface area contributed by atoms with Crippen molar-refractivity contribution >= 4 is 6.03 Å². The van der Waals surface area contributed by atoms with Gasteiger partial charge in [0.15, 0.2) is 0 Å². The topological polar surface area (TPSA) is 55.6 Å². The van der Waals surface area contributed by atoms with Crippen molar-refractivity contribution in [3.8, 4) is 0 Å². The standard InChI is InChI=1S/C19H30N2O2/c1-2-23-15-9-7-12-17(16-10-4-3-5-11-16)18-13-6-8-14-21(18)19(20)22/h3-5,10-11,17-18H,2,6-9,12-15H2,1H3,(H2,20,22)/t17-,18?/m1/s1. The average Bonchev–Trinajstić information content (AvgIpc) is 2.59. The summed E-state index contributed by atoms with van der Waals surface area (Å²) in [6.45, 7) is 4.42. The van der Waals surface area contributed by atoms with Gasteiger partial charge in [-0.2, -0.15) is 0 Å². The van der Waals surface area contributed by atoms with Crippen molar-refractivity contribution in [3.63, 3.8) is 0 Å². The van der Waals surface area contributed by atoms with E-state index < -0.39 is 0 Å². The zero-order chi connectivity index (χ0) is 16.5. The van der Waals surface area contributed by atoms with Crippen LogP contribution in [0.2, 0.25) is 0 Å². The first-order valence-corrected chi connectivity index (χ1v) is 8.92. The fourth-order valence-electron chi connectivity index (χ4n) is 3.64. The monoisotopic (exact) mass is 318 g/mol. The molecule has 4 heteroatoms. The Morgan fingerprint density at radius 1 is 1.30 bits per heavy atom. The van der Waals surface area contributed by atoms with Crippen LogP contribution in [0.25, 0.3) is 0 Å². The normalized spacial score (nSPS) is 19.5. The van der Waals surface area contributed by atoms with Crippen molar-refractivity contribution in [2.75, 3.05) is 19.8 Å². The number of hydrogen-bond acceptors (Lipinski definition) is 2. The maximum Gasteiger partial charge on any atom is 0.315 e. The molecule has 2 amide bonds. The molecule has 1 aromatic carbocycles. The maximum absolute atomic E-state index is 11.8. The average molecular weight is 318 g/mol. The van der Waals surface area contributed by atoms with Crippen LogP contribution < -0.4 is 5.73 Å². The number of carbonyl (C=O) groups excluding carboxylic acids is 1. The number of urea groups is 1. The highest BCUT2D eigenvalue weighted by Gasteiger charge is 2.32. The second-order valence-electron chi connectivity index (χ2n) is 6.30. The van der Waals surface area contributed by atoms with Crippen molar-refractivity contribution < 1.29 is 9.53 Å². The van der Waals surface area contributed by atoms with Crippen LogP contribution in [-0.4, -0.2) is 36.7 Å². The van der Waals surface area contributed by atoms with Crippen LogP contribution in [0.4, 0.5) is 4.79 Å². The molecule has 4 nitrogen and oxygen atoms in total. The first-order chi connectivity index (χ1) is 11.2. The van der Waals surface area contributed by atoms with Crippen LogP contribution in [0.1, 0.15) is 56.9 Å². The Bertz CT molecular complexity index is 464. The molecule has 0 bridgehead atoms. The van der Waals surface area contributed by atoms with Crippen LogP contribution >= 0.6 is 0 Å². The Labute approximate surface area is 140 Å². The molecule has 0 aromatic heterocycles. The van der Waals surface area contributed by atoms with Gasteiger partial charge in [0, 0.05) is 31.7 Å². The summed E-state index contributed by atoms with van der Waals surface area (Å²) in [5, 5.41) is 0. The number of hydrogen-bond donors (Lipinski definition) is 1. The predicted octanol–water partition coefficient (Wildman–Crippen LogP) is 3.91. The number of carbonyl (C=O) groups is 1. The molecule has 2 N–H and O–H groups in total. The van der Waals surface area contributed by atoms with E-state index in [1.54, 1.807) is 0 Å². The fraction of sp³-hybridized carbons (Fsp3) is 0.632. The van der Waals surface area contributed by atoms with Gasteiger partial charge in [-0.3, -0.25) is 0 Å². The third kappa shape index (κ3) is 5.24. The number of unbranched alkanes of at least 4 members (excludes halogenated alkanes) is 1. The maximum atomic E-state index is 11.8. The summed E-state index contributed by atoms with van der Waals surface area (Å²) >= 11 is 0. The van der Waals surface area contributed by atoms with Crippen molar-refractivity contribution in [3.05, 3.63) is 35.9 Å². The molecule has 1 aliphatic heterocycles. The smallest absolute Gasteiger partial charge is 0.315 e. The van der Waals surface area contributed by atoms with E-state index >= 15 is 0 Å². The van der Waals surface area contributed by atoms with Crippen LogP contribution in [0.3, 0.4) is 0 Å². The summed E-state index contributed by atoms with van der Waals surface area (Å²) in [4.78, 5) is 13.7. The predicted molar refractivity (Wildman–Crippen MR) is 93.5 cm³/mol. The zero-order valence-electron chi connectivity index (χ0n) is 14.2. The zero-order valence-corrected chi connectivity index (χ0v) is 14.2. The molecule has 0 saturated carbocycles. The van der Waals surface area contributed by atoms with Crippen molar-refractivity contribution in [1.82, 2.24) is 4.90 Å². The molecule has 128 valence electrons. The van der Waals surface area contributed by atoms with Crippen molar-refractivity contribution in [2.24, 2.45) is 5.73 Å². The van der Waals surface area contributed by atoms with Gasteiger partial charge in [-0.1, -0.05) is 36.8 Å². The van der Waals surface area contributed by atoms with Gasteiger partial charge < -0.3 is 15.4 Å². The summed E-state index contributed by atoms with van der Waals surface area (Å²) in [6.07, 6.45) is 6.55. The minimum Gasteiger partial charge on any atom is -0.382 e. The molecule has 1 unspecified atom stereocenters. The Morgan fingerprint density at radius 2 is 2.09 bits per heavy atom. The Balaban J connectivity index is 2.07. The van der Waals surface area contributed by atoms with Crippen LogP contribution in [0, 0.1) is 0 Å². The van der Waals surface area contributed by atoms with Gasteiger partial charge in [0.05, 0.1) is 0 Å². The number of amides is 2. The minimum absolute atomic E-state index is 0.232. The first-order valence-electron chi connectivity index (χ1n) is 8.92. The lowest BCUT2D eigenvalue weighted by Gasteiger charge is -2.40. The molecule has 0 aliphatic carbocycles. The number of likely N-dealkylation sites (tertiary alicyclic amines) is 1. The lowest BCUT2D eigenvalue weighted by atomic mass is 9.82. The second kappa shape index (κ2) is 9.56. The largest absolute Gasteiger partial charge is 0.382 e. The van der Waals surface area contributed by atoms with E-state index in [1.807, 2.05) is 17.9 Å². The highest BCUT2D eigenvalue weighted by Crippen LogP contribution is 2.34. The summed E-state index contributed by atoms with van der Waals surface area (Å²) in [5.74, 6) is 0.366. The molecule has 1 aromatic rings. The van der Waals surface area contributed by atoms with E-state index in [4.69, 9.17) is 10.5 Å². The molecule has 1 fully saturated rings. The van der Waals surface area contributed by atoms with E-state index in [9.17, 15) is 4.79 Å². The lowest BCUT2D eigenvalue weighted by molar-refractivity contribution is 0.131. The van der Waals surface area contributed by atoms with Gasteiger partial charge in [0.25, 0.3) is 0 Å². The Morgan fingerprint density at radius 3 is 2.78 bits per heavy atom. The third-order valence-electron chi connectivity index (χ3n) is 4.78. The van der Waals surface area contributed by atoms with Crippen LogP contribution in [0.15, 0.2) is 30.3 Å². The molecule has 2 atom stereocenters. The van der Waals surface area contributed by atoms with E-state index in [-0.39, 0.29) is 12.1 Å². The number of piperidine rings is 1. The molecule has 2 rings (SSSR count).